The Morgan fingerprint density at radius 3 is 3.04 bits per heavy atom. The minimum Gasteiger partial charge on any atom is -0.310 e. The first-order valence-electron chi connectivity index (χ1n) is 7.79. The van der Waals surface area contributed by atoms with Crippen LogP contribution in [0.1, 0.15) is 29.2 Å². The summed E-state index contributed by atoms with van der Waals surface area (Å²) in [6, 6.07) is 5.70. The summed E-state index contributed by atoms with van der Waals surface area (Å²) in [5, 5.41) is 24.0. The Hall–Kier alpha value is -3.07. The van der Waals surface area contributed by atoms with Gasteiger partial charge in [-0.15, -0.1) is 15.3 Å². The maximum Gasteiger partial charge on any atom is 0.226 e. The van der Waals surface area contributed by atoms with Gasteiger partial charge in [-0.25, -0.2) is 0 Å². The molecule has 9 heteroatoms. The van der Waals surface area contributed by atoms with Crippen molar-refractivity contribution in [2.75, 3.05) is 5.32 Å². The first-order chi connectivity index (χ1) is 12.2. The van der Waals surface area contributed by atoms with Crippen LogP contribution in [0.3, 0.4) is 0 Å². The Kier molecular flexibility index (Phi) is 2.98. The van der Waals surface area contributed by atoms with Gasteiger partial charge in [0, 0.05) is 17.9 Å². The van der Waals surface area contributed by atoms with Gasteiger partial charge in [-0.05, 0) is 41.4 Å². The third-order valence-corrected chi connectivity index (χ3v) is 5.11. The van der Waals surface area contributed by atoms with Crippen molar-refractivity contribution in [3.63, 3.8) is 0 Å². The van der Waals surface area contributed by atoms with E-state index >= 15 is 0 Å². The number of carbonyl (C=O) groups is 1. The van der Waals surface area contributed by atoms with Gasteiger partial charge in [0.1, 0.15) is 12.1 Å². The molecular formula is C16H13N7OS. The summed E-state index contributed by atoms with van der Waals surface area (Å²) < 4.78 is 3.26. The number of carbonyl (C=O) groups excluding carboxylic acids is 1. The molecule has 4 aromatic rings. The van der Waals surface area contributed by atoms with Gasteiger partial charge in [-0.3, -0.25) is 4.79 Å². The number of anilines is 1. The van der Waals surface area contributed by atoms with Crippen LogP contribution in [-0.2, 0) is 4.79 Å². The fraction of sp³-hybridized carbons (Fsp3) is 0.188. The molecule has 1 aliphatic heterocycles. The second-order valence-electron chi connectivity index (χ2n) is 5.95. The van der Waals surface area contributed by atoms with E-state index < -0.39 is 0 Å². The summed E-state index contributed by atoms with van der Waals surface area (Å²) in [6.07, 6.45) is 1.96. The Labute approximate surface area is 146 Å². The van der Waals surface area contributed by atoms with Crippen LogP contribution in [0.5, 0.6) is 0 Å². The molecule has 1 atom stereocenters. The Balaban J connectivity index is 1.70. The molecule has 8 nitrogen and oxygen atoms in total. The summed E-state index contributed by atoms with van der Waals surface area (Å²) in [6.45, 7) is 1.96. The molecule has 5 rings (SSSR count). The molecule has 5 heterocycles. The molecule has 0 spiro atoms. The van der Waals surface area contributed by atoms with Crippen molar-refractivity contribution >= 4 is 28.7 Å². The minimum absolute atomic E-state index is 0.0161. The molecule has 4 aromatic heterocycles. The van der Waals surface area contributed by atoms with E-state index in [9.17, 15) is 4.79 Å². The van der Waals surface area contributed by atoms with E-state index in [4.69, 9.17) is 0 Å². The van der Waals surface area contributed by atoms with Crippen LogP contribution < -0.4 is 5.32 Å². The van der Waals surface area contributed by atoms with E-state index in [1.165, 1.54) is 6.33 Å². The summed E-state index contributed by atoms with van der Waals surface area (Å²) in [5.74, 6) is 1.28. The highest BCUT2D eigenvalue weighted by Gasteiger charge is 2.33. The number of fused-ring (bicyclic) bond motifs is 2. The van der Waals surface area contributed by atoms with Crippen molar-refractivity contribution in [3.05, 3.63) is 52.1 Å². The zero-order valence-corrected chi connectivity index (χ0v) is 14.1. The van der Waals surface area contributed by atoms with Crippen LogP contribution in [0.15, 0.2) is 35.3 Å². The van der Waals surface area contributed by atoms with Gasteiger partial charge in [-0.2, -0.15) is 25.6 Å². The lowest BCUT2D eigenvalue weighted by Gasteiger charge is -2.23. The quantitative estimate of drug-likeness (QED) is 0.598. The van der Waals surface area contributed by atoms with Crippen molar-refractivity contribution in [3.8, 4) is 5.82 Å². The van der Waals surface area contributed by atoms with Gasteiger partial charge in [-0.1, -0.05) is 0 Å². The maximum absolute atomic E-state index is 12.3. The number of aromatic nitrogens is 6. The predicted molar refractivity (Wildman–Crippen MR) is 92.0 cm³/mol. The number of nitrogens with zero attached hydrogens (tertiary/aromatic N) is 6. The second kappa shape index (κ2) is 5.21. The number of thiophene rings is 1. The van der Waals surface area contributed by atoms with Crippen LogP contribution in [0.2, 0.25) is 0 Å². The van der Waals surface area contributed by atoms with Gasteiger partial charge >= 0.3 is 0 Å². The fourth-order valence-corrected chi connectivity index (χ4v) is 4.02. The molecule has 0 unspecified atom stereocenters. The number of amides is 1. The molecule has 0 aromatic carbocycles. The van der Waals surface area contributed by atoms with E-state index in [0.29, 0.717) is 23.7 Å². The van der Waals surface area contributed by atoms with Crippen LogP contribution in [-0.4, -0.2) is 35.5 Å². The standard InChI is InChI=1S/C16H13N7OS/c1-9-15-11(10-4-5-25-7-10)6-14(24)18-16(15)23(20-9)13-3-2-12-19-17-8-22(12)21-13/h2-5,7-8,11H,6H2,1H3,(H,18,24)/t11-/m1/s1. The largest absolute Gasteiger partial charge is 0.310 e. The molecule has 0 aliphatic carbocycles. The first-order valence-corrected chi connectivity index (χ1v) is 8.74. The second-order valence-corrected chi connectivity index (χ2v) is 6.73. The van der Waals surface area contributed by atoms with Crippen LogP contribution in [0, 0.1) is 6.92 Å². The van der Waals surface area contributed by atoms with Crippen LogP contribution in [0.4, 0.5) is 5.82 Å². The molecular weight excluding hydrogens is 338 g/mol. The molecule has 1 amide bonds. The van der Waals surface area contributed by atoms with Crippen molar-refractivity contribution in [1.29, 1.82) is 0 Å². The Morgan fingerprint density at radius 1 is 1.28 bits per heavy atom. The van der Waals surface area contributed by atoms with Gasteiger partial charge in [0.2, 0.25) is 5.91 Å². The molecule has 25 heavy (non-hydrogen) atoms. The fourth-order valence-electron chi connectivity index (χ4n) is 3.30. The molecule has 124 valence electrons. The summed E-state index contributed by atoms with van der Waals surface area (Å²) in [5.41, 5.74) is 3.73. The summed E-state index contributed by atoms with van der Waals surface area (Å²) >= 11 is 1.63. The van der Waals surface area contributed by atoms with Crippen molar-refractivity contribution in [1.82, 2.24) is 29.6 Å². The average Bonchev–Trinajstić information content (AvgIpc) is 3.33. The molecule has 0 radical (unpaired) electrons. The summed E-state index contributed by atoms with van der Waals surface area (Å²) in [7, 11) is 0. The van der Waals surface area contributed by atoms with Crippen molar-refractivity contribution in [2.45, 2.75) is 19.3 Å². The number of nitrogens with one attached hydrogen (secondary N) is 1. The zero-order valence-electron chi connectivity index (χ0n) is 13.2. The Morgan fingerprint density at radius 2 is 2.20 bits per heavy atom. The van der Waals surface area contributed by atoms with E-state index in [1.807, 2.05) is 24.4 Å². The number of hydrogen-bond donors (Lipinski definition) is 1. The highest BCUT2D eigenvalue weighted by molar-refractivity contribution is 7.08. The molecule has 0 saturated heterocycles. The molecule has 0 saturated carbocycles. The predicted octanol–water partition coefficient (Wildman–Crippen LogP) is 2.15. The summed E-state index contributed by atoms with van der Waals surface area (Å²) in [4.78, 5) is 12.3. The van der Waals surface area contributed by atoms with E-state index in [0.717, 1.165) is 16.8 Å². The van der Waals surface area contributed by atoms with Crippen molar-refractivity contribution in [2.24, 2.45) is 0 Å². The lowest BCUT2D eigenvalue weighted by molar-refractivity contribution is -0.116. The number of rotatable bonds is 2. The van der Waals surface area contributed by atoms with Crippen LogP contribution in [0.25, 0.3) is 11.5 Å². The van der Waals surface area contributed by atoms with Gasteiger partial charge in [0.15, 0.2) is 11.5 Å². The lowest BCUT2D eigenvalue weighted by atomic mass is 9.87. The van der Waals surface area contributed by atoms with Gasteiger partial charge < -0.3 is 5.32 Å². The first kappa shape index (κ1) is 14.3. The van der Waals surface area contributed by atoms with Crippen LogP contribution >= 0.6 is 11.3 Å². The van der Waals surface area contributed by atoms with Crippen molar-refractivity contribution < 1.29 is 4.79 Å². The number of hydrogen-bond acceptors (Lipinski definition) is 6. The van der Waals surface area contributed by atoms with E-state index in [1.54, 1.807) is 20.5 Å². The average molecular weight is 351 g/mol. The topological polar surface area (TPSA) is 90.0 Å². The van der Waals surface area contributed by atoms with E-state index in [2.05, 4.69) is 37.2 Å². The smallest absolute Gasteiger partial charge is 0.226 e. The third-order valence-electron chi connectivity index (χ3n) is 4.41. The zero-order chi connectivity index (χ0) is 17.0. The maximum atomic E-state index is 12.3. The Bertz CT molecular complexity index is 1100. The van der Waals surface area contributed by atoms with Gasteiger partial charge in [0.25, 0.3) is 0 Å². The normalized spacial score (nSPS) is 16.8. The SMILES string of the molecule is Cc1nn(-c2ccc3nncn3n2)c2c1[C@@H](c1ccsc1)CC(=O)N2. The highest BCUT2D eigenvalue weighted by Crippen LogP contribution is 2.40. The molecule has 0 fully saturated rings. The monoisotopic (exact) mass is 351 g/mol. The molecule has 1 N–H and O–H groups in total. The third kappa shape index (κ3) is 2.16. The number of aryl methyl sites for hydroxylation is 1. The molecule has 1 aliphatic rings. The van der Waals surface area contributed by atoms with Gasteiger partial charge in [0.05, 0.1) is 5.69 Å². The minimum atomic E-state index is -0.0183. The highest BCUT2D eigenvalue weighted by atomic mass is 32.1. The lowest BCUT2D eigenvalue weighted by Crippen LogP contribution is -2.25. The van der Waals surface area contributed by atoms with E-state index in [-0.39, 0.29) is 11.8 Å². The molecule has 0 bridgehead atoms.